The van der Waals surface area contributed by atoms with Crippen LogP contribution in [0.4, 0.5) is 0 Å². The van der Waals surface area contributed by atoms with Gasteiger partial charge in [0, 0.05) is 0 Å². The van der Waals surface area contributed by atoms with E-state index in [2.05, 4.69) is 31.2 Å². The molecule has 1 heteroatoms. The van der Waals surface area contributed by atoms with Crippen molar-refractivity contribution in [1.29, 1.82) is 0 Å². The van der Waals surface area contributed by atoms with Gasteiger partial charge in [0.2, 0.25) is 0 Å². The molecule has 0 bridgehead atoms. The Labute approximate surface area is 186 Å². The molecule has 0 N–H and O–H groups in total. The van der Waals surface area contributed by atoms with Crippen LogP contribution in [0.5, 0.6) is 11.5 Å². The molecule has 0 amide bonds. The van der Waals surface area contributed by atoms with Crippen molar-refractivity contribution in [2.24, 2.45) is 0 Å². The van der Waals surface area contributed by atoms with Crippen molar-refractivity contribution >= 4 is 0 Å². The van der Waals surface area contributed by atoms with Gasteiger partial charge in [-0.1, -0.05) is 133 Å². The number of ether oxygens (including phenoxy) is 1. The van der Waals surface area contributed by atoms with E-state index in [0.717, 1.165) is 17.9 Å². The predicted octanol–water partition coefficient (Wildman–Crippen LogP) is 9.89. The van der Waals surface area contributed by atoms with E-state index in [1.807, 2.05) is 30.3 Å². The number of benzene rings is 2. The summed E-state index contributed by atoms with van der Waals surface area (Å²) in [5, 5.41) is 0. The Kier molecular flexibility index (Phi) is 13.9. The summed E-state index contributed by atoms with van der Waals surface area (Å²) < 4.78 is 6.08. The van der Waals surface area contributed by atoms with E-state index < -0.39 is 0 Å². The van der Waals surface area contributed by atoms with Crippen LogP contribution >= 0.6 is 0 Å². The van der Waals surface area contributed by atoms with Gasteiger partial charge in [-0.25, -0.2) is 0 Å². The molecular formula is C29H44O. The summed E-state index contributed by atoms with van der Waals surface area (Å²) in [5.74, 6) is 1.93. The minimum Gasteiger partial charge on any atom is -0.457 e. The van der Waals surface area contributed by atoms with E-state index in [-0.39, 0.29) is 0 Å². The number of unbranched alkanes of at least 4 members (excludes halogenated alkanes) is 14. The molecule has 0 atom stereocenters. The Morgan fingerprint density at radius 2 is 0.967 bits per heavy atom. The highest BCUT2D eigenvalue weighted by molar-refractivity contribution is 5.37. The summed E-state index contributed by atoms with van der Waals surface area (Å²) in [6, 6.07) is 18.6. The maximum Gasteiger partial charge on any atom is 0.130 e. The van der Waals surface area contributed by atoms with E-state index in [9.17, 15) is 0 Å². The van der Waals surface area contributed by atoms with E-state index in [1.165, 1.54) is 102 Å². The molecule has 0 aliphatic heterocycles. The van der Waals surface area contributed by atoms with Crippen LogP contribution in [0.15, 0.2) is 54.6 Å². The first-order chi connectivity index (χ1) is 14.9. The minimum absolute atomic E-state index is 0.918. The maximum absolute atomic E-state index is 6.08. The number of para-hydroxylation sites is 2. The SMILES string of the molecule is CCCCCCCCCCCCCCCCCc1ccccc1Oc1ccccc1. The highest BCUT2D eigenvalue weighted by atomic mass is 16.5. The van der Waals surface area contributed by atoms with Gasteiger partial charge in [-0.3, -0.25) is 0 Å². The van der Waals surface area contributed by atoms with Crippen molar-refractivity contribution in [3.8, 4) is 11.5 Å². The molecule has 2 aromatic carbocycles. The third-order valence-corrected chi connectivity index (χ3v) is 5.99. The van der Waals surface area contributed by atoms with Crippen LogP contribution in [-0.2, 0) is 6.42 Å². The molecule has 0 aliphatic rings. The fourth-order valence-electron chi connectivity index (χ4n) is 4.11. The van der Waals surface area contributed by atoms with Crippen molar-refractivity contribution in [3.63, 3.8) is 0 Å². The fraction of sp³-hybridized carbons (Fsp3) is 0.586. The molecule has 1 nitrogen and oxygen atoms in total. The van der Waals surface area contributed by atoms with Gasteiger partial charge in [0.25, 0.3) is 0 Å². The molecule has 30 heavy (non-hydrogen) atoms. The molecule has 0 unspecified atom stereocenters. The van der Waals surface area contributed by atoms with Crippen molar-refractivity contribution in [2.75, 3.05) is 0 Å². The van der Waals surface area contributed by atoms with Crippen LogP contribution in [-0.4, -0.2) is 0 Å². The molecule has 2 aromatic rings. The molecule has 166 valence electrons. The van der Waals surface area contributed by atoms with Crippen molar-refractivity contribution in [2.45, 2.75) is 110 Å². The first kappa shape index (κ1) is 24.5. The Morgan fingerprint density at radius 3 is 1.53 bits per heavy atom. The van der Waals surface area contributed by atoms with Crippen LogP contribution in [0, 0.1) is 0 Å². The molecule has 2 rings (SSSR count). The summed E-state index contributed by atoms with van der Waals surface area (Å²) in [6.07, 6.45) is 22.3. The summed E-state index contributed by atoms with van der Waals surface area (Å²) in [7, 11) is 0. The van der Waals surface area contributed by atoms with Gasteiger partial charge in [0.1, 0.15) is 11.5 Å². The molecule has 0 spiro atoms. The van der Waals surface area contributed by atoms with Gasteiger partial charge >= 0.3 is 0 Å². The molecule has 0 aliphatic carbocycles. The largest absolute Gasteiger partial charge is 0.457 e. The number of rotatable bonds is 18. The van der Waals surface area contributed by atoms with Crippen LogP contribution in [0.2, 0.25) is 0 Å². The molecule has 0 saturated heterocycles. The Hall–Kier alpha value is -1.76. The molecule has 0 radical (unpaired) electrons. The first-order valence-electron chi connectivity index (χ1n) is 12.7. The number of aryl methyl sites for hydroxylation is 1. The van der Waals surface area contributed by atoms with E-state index >= 15 is 0 Å². The van der Waals surface area contributed by atoms with Gasteiger partial charge in [0.15, 0.2) is 0 Å². The standard InChI is InChI=1S/C29H44O/c1-2-3-4-5-6-7-8-9-10-11-12-13-14-15-17-22-27-23-20-21-26-29(27)30-28-24-18-16-19-25-28/h16,18-21,23-26H,2-15,17,22H2,1H3. The summed E-state index contributed by atoms with van der Waals surface area (Å²) in [6.45, 7) is 2.29. The lowest BCUT2D eigenvalue weighted by molar-refractivity contribution is 0.474. The first-order valence-corrected chi connectivity index (χ1v) is 12.7. The van der Waals surface area contributed by atoms with Crippen LogP contribution < -0.4 is 4.74 Å². The average Bonchev–Trinajstić information content (AvgIpc) is 2.78. The monoisotopic (exact) mass is 408 g/mol. The van der Waals surface area contributed by atoms with Crippen LogP contribution in [0.3, 0.4) is 0 Å². The van der Waals surface area contributed by atoms with E-state index in [4.69, 9.17) is 4.74 Å². The van der Waals surface area contributed by atoms with Gasteiger partial charge in [-0.2, -0.15) is 0 Å². The van der Waals surface area contributed by atoms with Gasteiger partial charge in [-0.15, -0.1) is 0 Å². The summed E-state index contributed by atoms with van der Waals surface area (Å²) >= 11 is 0. The Balaban J connectivity index is 1.45. The molecular weight excluding hydrogens is 364 g/mol. The smallest absolute Gasteiger partial charge is 0.130 e. The molecule has 0 aromatic heterocycles. The third kappa shape index (κ3) is 11.4. The zero-order valence-corrected chi connectivity index (χ0v) is 19.4. The Morgan fingerprint density at radius 1 is 0.500 bits per heavy atom. The van der Waals surface area contributed by atoms with Crippen molar-refractivity contribution in [1.82, 2.24) is 0 Å². The molecule has 0 heterocycles. The highest BCUT2D eigenvalue weighted by Gasteiger charge is 2.04. The van der Waals surface area contributed by atoms with E-state index in [0.29, 0.717) is 0 Å². The zero-order chi connectivity index (χ0) is 21.1. The molecule has 0 fully saturated rings. The predicted molar refractivity (Wildman–Crippen MR) is 132 cm³/mol. The Bertz CT molecular complexity index is 634. The summed E-state index contributed by atoms with van der Waals surface area (Å²) in [5.41, 5.74) is 1.33. The quantitative estimate of drug-likeness (QED) is 0.223. The minimum atomic E-state index is 0.918. The second-order valence-electron chi connectivity index (χ2n) is 8.72. The lowest BCUT2D eigenvalue weighted by atomic mass is 10.0. The van der Waals surface area contributed by atoms with Crippen molar-refractivity contribution in [3.05, 3.63) is 60.2 Å². The molecule has 0 saturated carbocycles. The maximum atomic E-state index is 6.08. The lowest BCUT2D eigenvalue weighted by Crippen LogP contribution is -1.92. The third-order valence-electron chi connectivity index (χ3n) is 5.99. The second-order valence-corrected chi connectivity index (χ2v) is 8.72. The highest BCUT2D eigenvalue weighted by Crippen LogP contribution is 2.26. The van der Waals surface area contributed by atoms with Crippen LogP contribution in [0.25, 0.3) is 0 Å². The zero-order valence-electron chi connectivity index (χ0n) is 19.4. The second kappa shape index (κ2) is 17.0. The number of hydrogen-bond donors (Lipinski definition) is 0. The van der Waals surface area contributed by atoms with Gasteiger partial charge in [0.05, 0.1) is 0 Å². The van der Waals surface area contributed by atoms with Gasteiger partial charge < -0.3 is 4.74 Å². The average molecular weight is 409 g/mol. The number of hydrogen-bond acceptors (Lipinski definition) is 1. The topological polar surface area (TPSA) is 9.23 Å². The van der Waals surface area contributed by atoms with Crippen LogP contribution in [0.1, 0.15) is 109 Å². The summed E-state index contributed by atoms with van der Waals surface area (Å²) in [4.78, 5) is 0. The van der Waals surface area contributed by atoms with Gasteiger partial charge in [-0.05, 0) is 36.6 Å². The van der Waals surface area contributed by atoms with Crippen molar-refractivity contribution < 1.29 is 4.74 Å². The lowest BCUT2D eigenvalue weighted by Gasteiger charge is -2.11. The normalized spacial score (nSPS) is 11.0. The van der Waals surface area contributed by atoms with E-state index in [1.54, 1.807) is 0 Å². The fourth-order valence-corrected chi connectivity index (χ4v) is 4.11.